The Morgan fingerprint density at radius 2 is 2.00 bits per heavy atom. The van der Waals surface area contributed by atoms with Crippen LogP contribution in [-0.2, 0) is 28.2 Å². The minimum atomic E-state index is -3.65. The van der Waals surface area contributed by atoms with Crippen molar-refractivity contribution in [3.8, 4) is 0 Å². The van der Waals surface area contributed by atoms with Crippen LogP contribution in [0.15, 0.2) is 52.4 Å². The number of fused-ring (bicyclic) bond motifs is 1. The molecule has 9 heteroatoms. The van der Waals surface area contributed by atoms with Crippen LogP contribution < -0.4 is 4.80 Å². The fourth-order valence-electron chi connectivity index (χ4n) is 3.95. The molecule has 4 rings (SSSR count). The smallest absolute Gasteiger partial charge is 0.279 e. The van der Waals surface area contributed by atoms with Gasteiger partial charge in [-0.2, -0.15) is 9.30 Å². The second-order valence-electron chi connectivity index (χ2n) is 7.92. The first-order valence-electron chi connectivity index (χ1n) is 10.7. The van der Waals surface area contributed by atoms with Gasteiger partial charge in [0.05, 0.1) is 21.2 Å². The molecule has 3 aromatic rings. The van der Waals surface area contributed by atoms with Crippen LogP contribution in [0.5, 0.6) is 0 Å². The van der Waals surface area contributed by atoms with Gasteiger partial charge >= 0.3 is 0 Å². The van der Waals surface area contributed by atoms with Crippen LogP contribution in [-0.4, -0.2) is 49.5 Å². The molecular weight excluding hydrogens is 446 g/mol. The Bertz CT molecular complexity index is 1300. The molecule has 1 aliphatic rings. The van der Waals surface area contributed by atoms with E-state index in [0.717, 1.165) is 29.5 Å². The summed E-state index contributed by atoms with van der Waals surface area (Å²) in [4.78, 5) is 17.8. The van der Waals surface area contributed by atoms with Gasteiger partial charge in [0, 0.05) is 32.8 Å². The fourth-order valence-corrected chi connectivity index (χ4v) is 6.22. The summed E-state index contributed by atoms with van der Waals surface area (Å²) in [6.07, 6.45) is 2.65. The van der Waals surface area contributed by atoms with Gasteiger partial charge in [-0.15, -0.1) is 0 Å². The molecule has 1 aliphatic heterocycles. The van der Waals surface area contributed by atoms with Crippen molar-refractivity contribution in [1.82, 2.24) is 8.87 Å². The molecule has 7 nitrogen and oxygen atoms in total. The molecule has 1 saturated heterocycles. The number of likely N-dealkylation sites (N-methyl/N-ethyl adjacent to an activating group) is 1. The molecule has 2 aromatic carbocycles. The number of ether oxygens (including phenoxy) is 1. The molecule has 32 heavy (non-hydrogen) atoms. The second kappa shape index (κ2) is 9.27. The van der Waals surface area contributed by atoms with Crippen LogP contribution in [0.2, 0.25) is 0 Å². The largest absolute Gasteiger partial charge is 0.377 e. The summed E-state index contributed by atoms with van der Waals surface area (Å²) in [7, 11) is -0.191. The molecule has 1 atom stereocenters. The number of nitrogens with zero attached hydrogens (tertiary/aromatic N) is 3. The Balaban J connectivity index is 1.57. The number of aryl methyl sites for hydroxylation is 2. The summed E-state index contributed by atoms with van der Waals surface area (Å²) < 4.78 is 35.6. The summed E-state index contributed by atoms with van der Waals surface area (Å²) in [6, 6.07) is 12.1. The van der Waals surface area contributed by atoms with E-state index in [1.54, 1.807) is 7.05 Å². The van der Waals surface area contributed by atoms with Crippen molar-refractivity contribution >= 4 is 37.5 Å². The highest BCUT2D eigenvalue weighted by Crippen LogP contribution is 2.22. The summed E-state index contributed by atoms with van der Waals surface area (Å²) >= 11 is 1.46. The van der Waals surface area contributed by atoms with Gasteiger partial charge in [0.15, 0.2) is 4.80 Å². The van der Waals surface area contributed by atoms with Crippen LogP contribution in [0.4, 0.5) is 0 Å². The number of benzene rings is 2. The highest BCUT2D eigenvalue weighted by molar-refractivity contribution is 7.89. The van der Waals surface area contributed by atoms with E-state index in [1.165, 1.54) is 45.5 Å². The zero-order valence-corrected chi connectivity index (χ0v) is 20.1. The fraction of sp³-hybridized carbons (Fsp3) is 0.391. The van der Waals surface area contributed by atoms with Gasteiger partial charge in [-0.25, -0.2) is 8.42 Å². The molecule has 0 spiro atoms. The van der Waals surface area contributed by atoms with Crippen LogP contribution >= 0.6 is 11.3 Å². The van der Waals surface area contributed by atoms with E-state index in [9.17, 15) is 13.2 Å². The standard InChI is InChI=1S/C23H27N3O4S2/c1-4-16-7-5-9-20-21(16)26(3)23(31-20)24-22(27)17-10-12-19(13-11-17)32(28,29)25(2)15-18-8-6-14-30-18/h5,7,9-13,18H,4,6,8,14-15H2,1-3H3. The van der Waals surface area contributed by atoms with Crippen molar-refractivity contribution in [2.45, 2.75) is 37.2 Å². The number of thiazole rings is 1. The lowest BCUT2D eigenvalue weighted by molar-refractivity contribution is 0.0979. The molecule has 1 unspecified atom stereocenters. The highest BCUT2D eigenvalue weighted by Gasteiger charge is 2.26. The van der Waals surface area contributed by atoms with E-state index < -0.39 is 15.9 Å². The topological polar surface area (TPSA) is 81.0 Å². The first-order chi connectivity index (χ1) is 15.3. The number of hydrogen-bond acceptors (Lipinski definition) is 5. The maximum absolute atomic E-state index is 12.9. The number of aromatic nitrogens is 1. The number of sulfonamides is 1. The Labute approximate surface area is 192 Å². The molecule has 1 amide bonds. The molecule has 1 fully saturated rings. The van der Waals surface area contributed by atoms with Crippen molar-refractivity contribution in [3.63, 3.8) is 0 Å². The molecule has 1 aromatic heterocycles. The summed E-state index contributed by atoms with van der Waals surface area (Å²) in [6.45, 7) is 3.10. The maximum atomic E-state index is 12.9. The number of rotatable bonds is 6. The monoisotopic (exact) mass is 473 g/mol. The molecular formula is C23H27N3O4S2. The van der Waals surface area contributed by atoms with Crippen LogP contribution in [0.25, 0.3) is 10.2 Å². The van der Waals surface area contributed by atoms with Gasteiger partial charge < -0.3 is 9.30 Å². The van der Waals surface area contributed by atoms with Gasteiger partial charge in [-0.1, -0.05) is 30.4 Å². The molecule has 0 radical (unpaired) electrons. The third-order valence-electron chi connectivity index (χ3n) is 5.78. The first kappa shape index (κ1) is 22.8. The molecule has 0 saturated carbocycles. The number of amides is 1. The Morgan fingerprint density at radius 3 is 2.66 bits per heavy atom. The van der Waals surface area contributed by atoms with Crippen molar-refractivity contribution in [2.24, 2.45) is 12.0 Å². The van der Waals surface area contributed by atoms with E-state index in [4.69, 9.17) is 4.74 Å². The summed E-state index contributed by atoms with van der Waals surface area (Å²) in [5, 5.41) is 0. The highest BCUT2D eigenvalue weighted by atomic mass is 32.2. The van der Waals surface area contributed by atoms with Gasteiger partial charge in [-0.3, -0.25) is 4.79 Å². The third-order valence-corrected chi connectivity index (χ3v) is 8.71. The quantitative estimate of drug-likeness (QED) is 0.550. The maximum Gasteiger partial charge on any atom is 0.279 e. The van der Waals surface area contributed by atoms with Crippen LogP contribution in [0.3, 0.4) is 0 Å². The lowest BCUT2D eigenvalue weighted by Gasteiger charge is -2.20. The molecule has 170 valence electrons. The lowest BCUT2D eigenvalue weighted by atomic mass is 10.1. The van der Waals surface area contributed by atoms with Crippen LogP contribution in [0.1, 0.15) is 35.7 Å². The number of carbonyl (C=O) groups is 1. The zero-order valence-electron chi connectivity index (χ0n) is 18.4. The Morgan fingerprint density at radius 1 is 1.25 bits per heavy atom. The van der Waals surface area contributed by atoms with E-state index in [2.05, 4.69) is 18.0 Å². The number of para-hydroxylation sites is 1. The number of carbonyl (C=O) groups excluding carboxylic acids is 1. The van der Waals surface area contributed by atoms with E-state index >= 15 is 0 Å². The average molecular weight is 474 g/mol. The average Bonchev–Trinajstić information content (AvgIpc) is 3.41. The van der Waals surface area contributed by atoms with Gasteiger partial charge in [-0.05, 0) is 55.2 Å². The van der Waals surface area contributed by atoms with Gasteiger partial charge in [0.2, 0.25) is 10.0 Å². The SMILES string of the molecule is CCc1cccc2sc(=NC(=O)c3ccc(S(=O)(=O)N(C)CC4CCCO4)cc3)n(C)c12. The predicted octanol–water partition coefficient (Wildman–Crippen LogP) is 3.34. The minimum absolute atomic E-state index is 0.0651. The van der Waals surface area contributed by atoms with Crippen molar-refractivity contribution < 1.29 is 17.9 Å². The van der Waals surface area contributed by atoms with Crippen LogP contribution in [0, 0.1) is 0 Å². The Kier molecular flexibility index (Phi) is 6.62. The predicted molar refractivity (Wildman–Crippen MR) is 125 cm³/mol. The van der Waals surface area contributed by atoms with Gasteiger partial charge in [0.25, 0.3) is 5.91 Å². The normalized spacial score (nSPS) is 17.5. The zero-order chi connectivity index (χ0) is 22.9. The molecule has 0 bridgehead atoms. The lowest BCUT2D eigenvalue weighted by Crippen LogP contribution is -2.34. The van der Waals surface area contributed by atoms with E-state index in [1.807, 2.05) is 23.7 Å². The first-order valence-corrected chi connectivity index (χ1v) is 12.9. The minimum Gasteiger partial charge on any atom is -0.377 e. The van der Waals surface area contributed by atoms with E-state index in [0.29, 0.717) is 23.5 Å². The van der Waals surface area contributed by atoms with E-state index in [-0.39, 0.29) is 11.0 Å². The van der Waals surface area contributed by atoms with Crippen molar-refractivity contribution in [3.05, 3.63) is 58.4 Å². The second-order valence-corrected chi connectivity index (χ2v) is 11.0. The van der Waals surface area contributed by atoms with Gasteiger partial charge in [0.1, 0.15) is 0 Å². The van der Waals surface area contributed by atoms with Crippen molar-refractivity contribution in [1.29, 1.82) is 0 Å². The Hall–Kier alpha value is -2.33. The molecule has 2 heterocycles. The molecule has 0 N–H and O–H groups in total. The summed E-state index contributed by atoms with van der Waals surface area (Å²) in [5.41, 5.74) is 2.64. The van der Waals surface area contributed by atoms with Crippen molar-refractivity contribution in [2.75, 3.05) is 20.2 Å². The molecule has 0 aliphatic carbocycles. The summed E-state index contributed by atoms with van der Waals surface area (Å²) in [5.74, 6) is -0.401. The third kappa shape index (κ3) is 4.43. The number of hydrogen-bond donors (Lipinski definition) is 0.